The molecule has 0 saturated carbocycles. The number of hydrogen-bond acceptors (Lipinski definition) is 1. The Morgan fingerprint density at radius 2 is 1.85 bits per heavy atom. The normalized spacial score (nSPS) is 26.1. The highest BCUT2D eigenvalue weighted by Crippen LogP contribution is 2.48. The predicted molar refractivity (Wildman–Crippen MR) is 110 cm³/mol. The maximum atomic E-state index is 11.6. The van der Waals surface area contributed by atoms with Gasteiger partial charge in [0.1, 0.15) is 0 Å². The molecule has 0 fully saturated rings. The van der Waals surface area contributed by atoms with Crippen LogP contribution in [0.5, 0.6) is 0 Å². The van der Waals surface area contributed by atoms with Crippen molar-refractivity contribution in [1.82, 2.24) is 0 Å². The first-order valence-corrected chi connectivity index (χ1v) is 10.3. The van der Waals surface area contributed by atoms with Gasteiger partial charge in [0.25, 0.3) is 0 Å². The lowest BCUT2D eigenvalue weighted by Crippen LogP contribution is -2.37. The van der Waals surface area contributed by atoms with Crippen molar-refractivity contribution >= 4 is 73.7 Å². The van der Waals surface area contributed by atoms with E-state index in [-0.39, 0.29) is 3.42 Å². The van der Waals surface area contributed by atoms with Crippen LogP contribution in [0.3, 0.4) is 0 Å². The zero-order chi connectivity index (χ0) is 15.2. The van der Waals surface area contributed by atoms with E-state index in [4.69, 9.17) is 0 Å². The summed E-state index contributed by atoms with van der Waals surface area (Å²) >= 11 is 6.90. The second kappa shape index (κ2) is 9.32. The first-order valence-electron chi connectivity index (χ1n) is 7.08. The average Bonchev–Trinajstić information content (AvgIpc) is 2.38. The monoisotopic (exact) mass is 614 g/mol. The zero-order valence-corrected chi connectivity index (χ0v) is 18.1. The minimum absolute atomic E-state index is 0.260. The van der Waals surface area contributed by atoms with Crippen molar-refractivity contribution in [3.8, 4) is 0 Å². The summed E-state index contributed by atoms with van der Waals surface area (Å²) in [5.41, 5.74) is 0. The molecule has 1 rings (SSSR count). The SMILES string of the molecule is CCCCCCCCC1(I)C(I)=CC(I)=CC1C(=O)O. The van der Waals surface area contributed by atoms with Crippen LogP contribution in [-0.4, -0.2) is 14.5 Å². The van der Waals surface area contributed by atoms with E-state index in [2.05, 4.69) is 80.8 Å². The minimum atomic E-state index is -0.707. The summed E-state index contributed by atoms with van der Waals surface area (Å²) in [6.45, 7) is 2.22. The van der Waals surface area contributed by atoms with Crippen molar-refractivity contribution in [3.05, 3.63) is 19.3 Å². The third-order valence-electron chi connectivity index (χ3n) is 3.64. The van der Waals surface area contributed by atoms with Gasteiger partial charge in [0.15, 0.2) is 0 Å². The number of alkyl halides is 1. The molecule has 20 heavy (non-hydrogen) atoms. The highest BCUT2D eigenvalue weighted by Gasteiger charge is 2.43. The van der Waals surface area contributed by atoms with Gasteiger partial charge in [0, 0.05) is 7.16 Å². The smallest absolute Gasteiger partial charge is 0.312 e. The molecule has 1 N–H and O–H groups in total. The second-order valence-corrected chi connectivity index (χ2v) is 9.57. The highest BCUT2D eigenvalue weighted by atomic mass is 127. The first-order chi connectivity index (χ1) is 9.41. The Labute approximate surface area is 162 Å². The predicted octanol–water partition coefficient (Wildman–Crippen LogP) is 6.26. The van der Waals surface area contributed by atoms with E-state index in [0.29, 0.717) is 0 Å². The number of carboxylic acids is 1. The lowest BCUT2D eigenvalue weighted by Gasteiger charge is -2.34. The van der Waals surface area contributed by atoms with Gasteiger partial charge in [-0.1, -0.05) is 74.1 Å². The second-order valence-electron chi connectivity index (χ2n) is 5.24. The Balaban J connectivity index is 2.60. The number of hydrogen-bond donors (Lipinski definition) is 1. The van der Waals surface area contributed by atoms with Crippen LogP contribution in [0, 0.1) is 5.92 Å². The number of aliphatic carboxylic acids is 1. The van der Waals surface area contributed by atoms with E-state index in [1.165, 1.54) is 35.7 Å². The maximum absolute atomic E-state index is 11.6. The van der Waals surface area contributed by atoms with Crippen LogP contribution in [0.2, 0.25) is 0 Å². The molecule has 1 aliphatic carbocycles. The van der Waals surface area contributed by atoms with E-state index < -0.39 is 11.9 Å². The molecule has 0 amide bonds. The van der Waals surface area contributed by atoms with Gasteiger partial charge >= 0.3 is 5.97 Å². The van der Waals surface area contributed by atoms with Gasteiger partial charge in [-0.15, -0.1) is 0 Å². The van der Waals surface area contributed by atoms with E-state index >= 15 is 0 Å². The number of carboxylic acid groups (broad SMARTS) is 1. The molecule has 0 radical (unpaired) electrons. The van der Waals surface area contributed by atoms with Crippen molar-refractivity contribution in [2.45, 2.75) is 55.3 Å². The minimum Gasteiger partial charge on any atom is -0.481 e. The molecule has 0 aromatic heterocycles. The lowest BCUT2D eigenvalue weighted by atomic mass is 9.84. The third kappa shape index (κ3) is 5.40. The fourth-order valence-corrected chi connectivity index (χ4v) is 5.62. The number of unbranched alkanes of at least 4 members (excludes halogenated alkanes) is 5. The molecule has 1 aliphatic rings. The van der Waals surface area contributed by atoms with Crippen LogP contribution in [-0.2, 0) is 4.79 Å². The van der Waals surface area contributed by atoms with Crippen molar-refractivity contribution in [1.29, 1.82) is 0 Å². The van der Waals surface area contributed by atoms with Crippen molar-refractivity contribution < 1.29 is 9.90 Å². The summed E-state index contributed by atoms with van der Waals surface area (Å²) in [6.07, 6.45) is 12.4. The van der Waals surface area contributed by atoms with Crippen LogP contribution in [0.15, 0.2) is 19.3 Å². The van der Waals surface area contributed by atoms with Crippen LogP contribution in [0.1, 0.15) is 51.9 Å². The fourth-order valence-electron chi connectivity index (χ4n) is 2.43. The van der Waals surface area contributed by atoms with Gasteiger partial charge < -0.3 is 5.11 Å². The summed E-state index contributed by atoms with van der Waals surface area (Å²) in [5, 5.41) is 9.50. The van der Waals surface area contributed by atoms with Gasteiger partial charge in [-0.3, -0.25) is 4.79 Å². The summed E-state index contributed by atoms with van der Waals surface area (Å²) in [7, 11) is 0. The molecule has 0 heterocycles. The molecule has 0 bridgehead atoms. The number of halogens is 3. The summed E-state index contributed by atoms with van der Waals surface area (Å²) in [6, 6.07) is 0. The third-order valence-corrected chi connectivity index (χ3v) is 8.41. The highest BCUT2D eigenvalue weighted by molar-refractivity contribution is 14.1. The Kier molecular flexibility index (Phi) is 8.94. The molecule has 2 nitrogen and oxygen atoms in total. The number of allylic oxidation sites excluding steroid dienone is 3. The van der Waals surface area contributed by atoms with E-state index in [1.807, 2.05) is 6.08 Å². The first kappa shape index (κ1) is 19.2. The molecule has 0 aromatic rings. The molecule has 0 aromatic carbocycles. The van der Waals surface area contributed by atoms with Crippen molar-refractivity contribution in [3.63, 3.8) is 0 Å². The van der Waals surface area contributed by atoms with Gasteiger partial charge in [0.05, 0.1) is 9.34 Å². The van der Waals surface area contributed by atoms with Crippen LogP contribution < -0.4 is 0 Å². The topological polar surface area (TPSA) is 37.3 Å². The van der Waals surface area contributed by atoms with E-state index in [9.17, 15) is 9.90 Å². The fraction of sp³-hybridized carbons (Fsp3) is 0.667. The molecule has 0 spiro atoms. The summed E-state index contributed by atoms with van der Waals surface area (Å²) in [5.74, 6) is -1.11. The number of carbonyl (C=O) groups is 1. The number of rotatable bonds is 8. The molecule has 0 saturated heterocycles. The molecule has 2 atom stereocenters. The van der Waals surface area contributed by atoms with Gasteiger partial charge in [-0.25, -0.2) is 0 Å². The Morgan fingerprint density at radius 1 is 1.25 bits per heavy atom. The van der Waals surface area contributed by atoms with Crippen LogP contribution >= 0.6 is 67.8 Å². The average molecular weight is 614 g/mol. The van der Waals surface area contributed by atoms with Gasteiger partial charge in [-0.05, 0) is 57.7 Å². The molecular weight excluding hydrogens is 593 g/mol. The van der Waals surface area contributed by atoms with E-state index in [0.717, 1.165) is 16.4 Å². The molecule has 5 heteroatoms. The molecule has 2 unspecified atom stereocenters. The summed E-state index contributed by atoms with van der Waals surface area (Å²) in [4.78, 5) is 11.6. The zero-order valence-electron chi connectivity index (χ0n) is 11.7. The molecular formula is C15H21I3O2. The molecule has 0 aliphatic heterocycles. The van der Waals surface area contributed by atoms with Crippen molar-refractivity contribution in [2.75, 3.05) is 0 Å². The maximum Gasteiger partial charge on any atom is 0.312 e. The molecule has 114 valence electrons. The van der Waals surface area contributed by atoms with Gasteiger partial charge in [0.2, 0.25) is 0 Å². The lowest BCUT2D eigenvalue weighted by molar-refractivity contribution is -0.140. The quantitative estimate of drug-likeness (QED) is 0.199. The van der Waals surface area contributed by atoms with Crippen LogP contribution in [0.4, 0.5) is 0 Å². The Bertz CT molecular complexity index is 404. The van der Waals surface area contributed by atoms with E-state index in [1.54, 1.807) is 0 Å². The summed E-state index contributed by atoms with van der Waals surface area (Å²) < 4.78 is 1.95. The van der Waals surface area contributed by atoms with Crippen LogP contribution in [0.25, 0.3) is 0 Å². The van der Waals surface area contributed by atoms with Crippen molar-refractivity contribution in [2.24, 2.45) is 5.92 Å². The van der Waals surface area contributed by atoms with Gasteiger partial charge in [-0.2, -0.15) is 0 Å². The largest absolute Gasteiger partial charge is 0.481 e. The Morgan fingerprint density at radius 3 is 2.45 bits per heavy atom. The Hall–Kier alpha value is 1.14. The standard InChI is InChI=1S/C15H21I3O2/c1-2-3-4-5-6-7-8-15(18)12(14(19)20)9-11(16)10-13(15)17/h9-10,12H,2-8H2,1H3,(H,19,20).